The predicted octanol–water partition coefficient (Wildman–Crippen LogP) is 3.43. The largest absolute Gasteiger partial charge is 0.350 e. The number of thioether (sulfide) groups is 1. The SMILES string of the molecule is CSc1ccccc1-c1ccc(C(=O)NCCN2CCCC2=O)cc1. The molecule has 2 amide bonds. The van der Waals surface area contributed by atoms with E-state index in [1.807, 2.05) is 41.3 Å². The molecule has 1 heterocycles. The number of carbonyl (C=O) groups is 2. The fraction of sp³-hybridized carbons (Fsp3) is 0.300. The van der Waals surface area contributed by atoms with Gasteiger partial charge in [0.2, 0.25) is 5.91 Å². The molecule has 1 saturated heterocycles. The maximum atomic E-state index is 12.3. The first-order chi connectivity index (χ1) is 12.2. The summed E-state index contributed by atoms with van der Waals surface area (Å²) < 4.78 is 0. The molecular formula is C20H22N2O2S. The van der Waals surface area contributed by atoms with E-state index in [9.17, 15) is 9.59 Å². The highest BCUT2D eigenvalue weighted by molar-refractivity contribution is 7.98. The Labute approximate surface area is 152 Å². The maximum Gasteiger partial charge on any atom is 0.251 e. The van der Waals surface area contributed by atoms with Crippen LogP contribution in [-0.4, -0.2) is 42.6 Å². The molecule has 0 radical (unpaired) electrons. The molecule has 0 atom stereocenters. The smallest absolute Gasteiger partial charge is 0.251 e. The van der Waals surface area contributed by atoms with Crippen LogP contribution >= 0.6 is 11.8 Å². The Morgan fingerprint density at radius 1 is 1.16 bits per heavy atom. The lowest BCUT2D eigenvalue weighted by Gasteiger charge is -2.15. The fourth-order valence-corrected chi connectivity index (χ4v) is 3.65. The van der Waals surface area contributed by atoms with Crippen LogP contribution in [0.15, 0.2) is 53.4 Å². The Balaban J connectivity index is 1.60. The topological polar surface area (TPSA) is 49.4 Å². The van der Waals surface area contributed by atoms with Gasteiger partial charge in [0.05, 0.1) is 0 Å². The Morgan fingerprint density at radius 2 is 1.92 bits per heavy atom. The Morgan fingerprint density at radius 3 is 2.60 bits per heavy atom. The fourth-order valence-electron chi connectivity index (χ4n) is 3.03. The van der Waals surface area contributed by atoms with Gasteiger partial charge in [-0.15, -0.1) is 11.8 Å². The minimum atomic E-state index is -0.101. The summed E-state index contributed by atoms with van der Waals surface area (Å²) in [5, 5.41) is 2.89. The second kappa shape index (κ2) is 8.21. The molecule has 5 heteroatoms. The molecule has 3 rings (SSSR count). The molecule has 0 unspecified atom stereocenters. The zero-order valence-corrected chi connectivity index (χ0v) is 15.1. The number of rotatable bonds is 6. The third-order valence-electron chi connectivity index (χ3n) is 4.40. The standard InChI is InChI=1S/C20H22N2O2S/c1-25-18-6-3-2-5-17(18)15-8-10-16(11-9-15)20(24)21-12-14-22-13-4-7-19(22)23/h2-3,5-6,8-11H,4,7,12-14H2,1H3,(H,21,24). The average Bonchev–Trinajstić information content (AvgIpc) is 3.06. The Kier molecular flexibility index (Phi) is 5.76. The van der Waals surface area contributed by atoms with Crippen LogP contribution in [0.25, 0.3) is 11.1 Å². The molecule has 0 aliphatic carbocycles. The molecule has 25 heavy (non-hydrogen) atoms. The van der Waals surface area contributed by atoms with Crippen molar-refractivity contribution in [3.63, 3.8) is 0 Å². The van der Waals surface area contributed by atoms with Gasteiger partial charge in [-0.3, -0.25) is 9.59 Å². The van der Waals surface area contributed by atoms with Crippen molar-refractivity contribution in [2.24, 2.45) is 0 Å². The van der Waals surface area contributed by atoms with E-state index in [1.54, 1.807) is 11.8 Å². The highest BCUT2D eigenvalue weighted by Crippen LogP contribution is 2.29. The van der Waals surface area contributed by atoms with Crippen molar-refractivity contribution in [3.8, 4) is 11.1 Å². The number of hydrogen-bond acceptors (Lipinski definition) is 3. The number of benzene rings is 2. The van der Waals surface area contributed by atoms with Crippen LogP contribution in [0.1, 0.15) is 23.2 Å². The van der Waals surface area contributed by atoms with Crippen molar-refractivity contribution in [1.82, 2.24) is 10.2 Å². The van der Waals surface area contributed by atoms with E-state index < -0.39 is 0 Å². The first-order valence-electron chi connectivity index (χ1n) is 8.48. The zero-order valence-electron chi connectivity index (χ0n) is 14.3. The lowest BCUT2D eigenvalue weighted by atomic mass is 10.0. The van der Waals surface area contributed by atoms with Crippen LogP contribution in [0.4, 0.5) is 0 Å². The summed E-state index contributed by atoms with van der Waals surface area (Å²) in [6.07, 6.45) is 3.62. The molecule has 0 saturated carbocycles. The second-order valence-corrected chi connectivity index (χ2v) is 6.87. The van der Waals surface area contributed by atoms with Crippen molar-refractivity contribution in [2.75, 3.05) is 25.9 Å². The maximum absolute atomic E-state index is 12.3. The quantitative estimate of drug-likeness (QED) is 0.809. The van der Waals surface area contributed by atoms with Gasteiger partial charge in [0.15, 0.2) is 0 Å². The molecule has 2 aromatic rings. The van der Waals surface area contributed by atoms with E-state index in [1.165, 1.54) is 10.5 Å². The number of carbonyl (C=O) groups excluding carboxylic acids is 2. The molecule has 1 aliphatic rings. The van der Waals surface area contributed by atoms with Crippen LogP contribution in [0.2, 0.25) is 0 Å². The molecule has 1 N–H and O–H groups in total. The third-order valence-corrected chi connectivity index (χ3v) is 5.20. The molecule has 0 aromatic heterocycles. The number of hydrogen-bond donors (Lipinski definition) is 1. The van der Waals surface area contributed by atoms with Crippen molar-refractivity contribution in [3.05, 3.63) is 54.1 Å². The van der Waals surface area contributed by atoms with Gasteiger partial charge in [-0.2, -0.15) is 0 Å². The van der Waals surface area contributed by atoms with Crippen LogP contribution < -0.4 is 5.32 Å². The van der Waals surface area contributed by atoms with E-state index in [0.29, 0.717) is 25.1 Å². The molecule has 1 fully saturated rings. The molecule has 130 valence electrons. The summed E-state index contributed by atoms with van der Waals surface area (Å²) in [5.74, 6) is 0.0856. The lowest BCUT2D eigenvalue weighted by Crippen LogP contribution is -2.35. The number of likely N-dealkylation sites (tertiary alicyclic amines) is 1. The van der Waals surface area contributed by atoms with Gasteiger partial charge in [0, 0.05) is 36.5 Å². The Hall–Kier alpha value is -2.27. The first kappa shape index (κ1) is 17.5. The van der Waals surface area contributed by atoms with Crippen molar-refractivity contribution in [2.45, 2.75) is 17.7 Å². The molecule has 2 aromatic carbocycles. The summed E-state index contributed by atoms with van der Waals surface area (Å²) >= 11 is 1.71. The van der Waals surface area contributed by atoms with Crippen molar-refractivity contribution in [1.29, 1.82) is 0 Å². The minimum Gasteiger partial charge on any atom is -0.350 e. The second-order valence-electron chi connectivity index (χ2n) is 6.02. The van der Waals surface area contributed by atoms with E-state index in [2.05, 4.69) is 23.7 Å². The van der Waals surface area contributed by atoms with Gasteiger partial charge in [-0.25, -0.2) is 0 Å². The highest BCUT2D eigenvalue weighted by atomic mass is 32.2. The first-order valence-corrected chi connectivity index (χ1v) is 9.71. The monoisotopic (exact) mass is 354 g/mol. The minimum absolute atomic E-state index is 0.101. The van der Waals surface area contributed by atoms with Crippen LogP contribution in [0.3, 0.4) is 0 Å². The van der Waals surface area contributed by atoms with Gasteiger partial charge in [0.1, 0.15) is 0 Å². The van der Waals surface area contributed by atoms with Gasteiger partial charge in [-0.1, -0.05) is 30.3 Å². The number of nitrogens with zero attached hydrogens (tertiary/aromatic N) is 1. The zero-order chi connectivity index (χ0) is 17.6. The summed E-state index contributed by atoms with van der Waals surface area (Å²) in [5.41, 5.74) is 2.91. The highest BCUT2D eigenvalue weighted by Gasteiger charge is 2.19. The van der Waals surface area contributed by atoms with E-state index in [0.717, 1.165) is 18.5 Å². The van der Waals surface area contributed by atoms with Crippen LogP contribution in [0.5, 0.6) is 0 Å². The summed E-state index contributed by atoms with van der Waals surface area (Å²) in [6.45, 7) is 1.88. The van der Waals surface area contributed by atoms with Crippen molar-refractivity contribution >= 4 is 23.6 Å². The van der Waals surface area contributed by atoms with E-state index >= 15 is 0 Å². The van der Waals surface area contributed by atoms with Gasteiger partial charge >= 0.3 is 0 Å². The summed E-state index contributed by atoms with van der Waals surface area (Å²) in [7, 11) is 0. The van der Waals surface area contributed by atoms with Crippen molar-refractivity contribution < 1.29 is 9.59 Å². The van der Waals surface area contributed by atoms with E-state index in [4.69, 9.17) is 0 Å². The van der Waals surface area contributed by atoms with Gasteiger partial charge in [-0.05, 0) is 42.0 Å². The van der Waals surface area contributed by atoms with Crippen LogP contribution in [0, 0.1) is 0 Å². The third kappa shape index (κ3) is 4.23. The molecule has 4 nitrogen and oxygen atoms in total. The lowest BCUT2D eigenvalue weighted by molar-refractivity contribution is -0.127. The normalized spacial score (nSPS) is 14.0. The van der Waals surface area contributed by atoms with E-state index in [-0.39, 0.29) is 11.8 Å². The van der Waals surface area contributed by atoms with Crippen LogP contribution in [-0.2, 0) is 4.79 Å². The average molecular weight is 354 g/mol. The number of amides is 2. The summed E-state index contributed by atoms with van der Waals surface area (Å²) in [4.78, 5) is 26.8. The molecular weight excluding hydrogens is 332 g/mol. The van der Waals surface area contributed by atoms with Gasteiger partial charge < -0.3 is 10.2 Å². The predicted molar refractivity (Wildman–Crippen MR) is 102 cm³/mol. The molecule has 0 bridgehead atoms. The van der Waals surface area contributed by atoms with Gasteiger partial charge in [0.25, 0.3) is 5.91 Å². The Bertz CT molecular complexity index is 759. The number of nitrogens with one attached hydrogen (secondary N) is 1. The molecule has 1 aliphatic heterocycles. The molecule has 0 spiro atoms. The summed E-state index contributed by atoms with van der Waals surface area (Å²) in [6, 6.07) is 15.9.